The van der Waals surface area contributed by atoms with E-state index in [2.05, 4.69) is 10.3 Å². The zero-order valence-electron chi connectivity index (χ0n) is 11.0. The molecule has 2 saturated carbocycles. The van der Waals surface area contributed by atoms with Gasteiger partial charge in [0, 0.05) is 11.5 Å². The van der Waals surface area contributed by atoms with Crippen molar-refractivity contribution in [2.75, 3.05) is 6.54 Å². The van der Waals surface area contributed by atoms with Gasteiger partial charge in [-0.3, -0.25) is 4.99 Å². The highest BCUT2D eigenvalue weighted by Gasteiger charge is 2.38. The van der Waals surface area contributed by atoms with Gasteiger partial charge < -0.3 is 11.1 Å². The molecule has 0 atom stereocenters. The highest BCUT2D eigenvalue weighted by atomic mass is 19.1. The maximum Gasteiger partial charge on any atom is 0.188 e. The average Bonchev–Trinajstić information content (AvgIpc) is 3.14. The molecule has 4 heteroatoms. The lowest BCUT2D eigenvalue weighted by molar-refractivity contribution is 0.253. The van der Waals surface area contributed by atoms with Crippen molar-refractivity contribution >= 4 is 5.96 Å². The molecule has 3 nitrogen and oxygen atoms in total. The van der Waals surface area contributed by atoms with E-state index in [9.17, 15) is 4.39 Å². The summed E-state index contributed by atoms with van der Waals surface area (Å²) in [5.41, 5.74) is 7.14. The van der Waals surface area contributed by atoms with Crippen LogP contribution in [0.1, 0.15) is 37.7 Å². The lowest BCUT2D eigenvalue weighted by atomic mass is 9.64. The number of hydrogen-bond donors (Lipinski definition) is 2. The van der Waals surface area contributed by atoms with Crippen LogP contribution in [0.4, 0.5) is 4.39 Å². The monoisotopic (exact) mass is 261 g/mol. The van der Waals surface area contributed by atoms with Gasteiger partial charge in [-0.15, -0.1) is 0 Å². The average molecular weight is 261 g/mol. The molecule has 0 spiro atoms. The maximum atomic E-state index is 13.0. The number of benzene rings is 1. The molecule has 0 unspecified atom stereocenters. The van der Waals surface area contributed by atoms with Crippen molar-refractivity contribution < 1.29 is 4.39 Å². The molecule has 0 saturated heterocycles. The Morgan fingerprint density at radius 1 is 1.32 bits per heavy atom. The summed E-state index contributed by atoms with van der Waals surface area (Å²) in [5, 5.41) is 3.20. The highest BCUT2D eigenvalue weighted by Crippen LogP contribution is 2.44. The van der Waals surface area contributed by atoms with Gasteiger partial charge in [0.1, 0.15) is 5.82 Å². The van der Waals surface area contributed by atoms with E-state index in [1.54, 1.807) is 0 Å². The van der Waals surface area contributed by atoms with Gasteiger partial charge in [-0.05, 0) is 43.4 Å². The Balaban J connectivity index is 1.70. The summed E-state index contributed by atoms with van der Waals surface area (Å²) in [5.74, 6) is 0.368. The lowest BCUT2D eigenvalue weighted by Crippen LogP contribution is -2.40. The van der Waals surface area contributed by atoms with Crippen molar-refractivity contribution in [2.45, 2.75) is 43.6 Å². The van der Waals surface area contributed by atoms with Gasteiger partial charge in [0.15, 0.2) is 5.96 Å². The number of rotatable bonds is 4. The topological polar surface area (TPSA) is 50.4 Å². The molecule has 0 aromatic heterocycles. The molecular formula is C15H20FN3. The van der Waals surface area contributed by atoms with E-state index in [-0.39, 0.29) is 11.2 Å². The third-order valence-corrected chi connectivity index (χ3v) is 4.25. The highest BCUT2D eigenvalue weighted by molar-refractivity contribution is 5.78. The minimum atomic E-state index is -0.184. The Labute approximate surface area is 113 Å². The Kier molecular flexibility index (Phi) is 3.17. The fourth-order valence-corrected chi connectivity index (χ4v) is 2.66. The molecule has 1 aromatic rings. The summed E-state index contributed by atoms with van der Waals surface area (Å²) in [6.45, 7) is 0.699. The van der Waals surface area contributed by atoms with Crippen LogP contribution >= 0.6 is 0 Å². The second kappa shape index (κ2) is 4.83. The second-order valence-corrected chi connectivity index (χ2v) is 5.76. The number of halogens is 1. The molecule has 0 bridgehead atoms. The van der Waals surface area contributed by atoms with Crippen molar-refractivity contribution in [1.82, 2.24) is 5.32 Å². The van der Waals surface area contributed by atoms with Crippen LogP contribution in [0.25, 0.3) is 0 Å². The minimum Gasteiger partial charge on any atom is -0.370 e. The van der Waals surface area contributed by atoms with Crippen LogP contribution in [0.15, 0.2) is 29.3 Å². The summed E-state index contributed by atoms with van der Waals surface area (Å²) in [6, 6.07) is 7.37. The van der Waals surface area contributed by atoms with Gasteiger partial charge in [-0.25, -0.2) is 4.39 Å². The standard InChI is InChI=1S/C15H20FN3/c16-12-4-2-11(3-5-12)15(8-1-9-15)10-18-14(17)19-13-6-7-13/h2-5,13H,1,6-10H2,(H3,17,18,19). The summed E-state index contributed by atoms with van der Waals surface area (Å²) < 4.78 is 13.0. The number of nitrogens with two attached hydrogens (primary N) is 1. The molecule has 0 heterocycles. The summed E-state index contributed by atoms with van der Waals surface area (Å²) in [7, 11) is 0. The van der Waals surface area contributed by atoms with Crippen LogP contribution in [0.3, 0.4) is 0 Å². The van der Waals surface area contributed by atoms with E-state index in [0.717, 1.165) is 12.8 Å². The molecule has 0 aliphatic heterocycles. The molecule has 102 valence electrons. The van der Waals surface area contributed by atoms with Crippen molar-refractivity contribution in [2.24, 2.45) is 10.7 Å². The molecule has 2 fully saturated rings. The van der Waals surface area contributed by atoms with Crippen molar-refractivity contribution in [1.29, 1.82) is 0 Å². The molecule has 3 N–H and O–H groups in total. The zero-order chi connectivity index (χ0) is 13.3. The third kappa shape index (κ3) is 2.72. The molecule has 1 aromatic carbocycles. The third-order valence-electron chi connectivity index (χ3n) is 4.25. The van der Waals surface area contributed by atoms with Gasteiger partial charge in [-0.1, -0.05) is 18.6 Å². The second-order valence-electron chi connectivity index (χ2n) is 5.76. The van der Waals surface area contributed by atoms with Crippen molar-refractivity contribution in [3.05, 3.63) is 35.6 Å². The molecule has 19 heavy (non-hydrogen) atoms. The molecule has 3 rings (SSSR count). The molecule has 2 aliphatic rings. The smallest absolute Gasteiger partial charge is 0.188 e. The Bertz CT molecular complexity index is 473. The van der Waals surface area contributed by atoms with Crippen LogP contribution in [0.2, 0.25) is 0 Å². The fourth-order valence-electron chi connectivity index (χ4n) is 2.66. The van der Waals surface area contributed by atoms with Crippen molar-refractivity contribution in [3.63, 3.8) is 0 Å². The van der Waals surface area contributed by atoms with E-state index in [1.807, 2.05) is 12.1 Å². The first-order chi connectivity index (χ1) is 9.18. The Morgan fingerprint density at radius 2 is 2.00 bits per heavy atom. The Morgan fingerprint density at radius 3 is 2.53 bits per heavy atom. The summed E-state index contributed by atoms with van der Waals surface area (Å²) in [4.78, 5) is 4.49. The first-order valence-electron chi connectivity index (χ1n) is 7.00. The van der Waals surface area contributed by atoms with Crippen LogP contribution in [-0.2, 0) is 5.41 Å². The lowest BCUT2D eigenvalue weighted by Gasteiger charge is -2.41. The number of hydrogen-bond acceptors (Lipinski definition) is 1. The van der Waals surface area contributed by atoms with Gasteiger partial charge >= 0.3 is 0 Å². The van der Waals surface area contributed by atoms with E-state index < -0.39 is 0 Å². The predicted octanol–water partition coefficient (Wildman–Crippen LogP) is 2.31. The van der Waals surface area contributed by atoms with Crippen molar-refractivity contribution in [3.8, 4) is 0 Å². The quantitative estimate of drug-likeness (QED) is 0.645. The maximum absolute atomic E-state index is 13.0. The first kappa shape index (κ1) is 12.5. The minimum absolute atomic E-state index is 0.0730. The molecule has 0 radical (unpaired) electrons. The van der Waals surface area contributed by atoms with Crippen LogP contribution < -0.4 is 11.1 Å². The normalized spacial score (nSPS) is 21.8. The van der Waals surface area contributed by atoms with E-state index >= 15 is 0 Å². The number of nitrogens with one attached hydrogen (secondary N) is 1. The van der Waals surface area contributed by atoms with Gasteiger partial charge in [0.25, 0.3) is 0 Å². The molecule has 2 aliphatic carbocycles. The van der Waals surface area contributed by atoms with E-state index in [1.165, 1.54) is 37.0 Å². The largest absolute Gasteiger partial charge is 0.370 e. The van der Waals surface area contributed by atoms with Gasteiger partial charge in [0.05, 0.1) is 6.54 Å². The number of nitrogens with zero attached hydrogens (tertiary/aromatic N) is 1. The fraction of sp³-hybridized carbons (Fsp3) is 0.533. The van der Waals surface area contributed by atoms with Crippen LogP contribution in [0.5, 0.6) is 0 Å². The Hall–Kier alpha value is -1.58. The molecular weight excluding hydrogens is 241 g/mol. The van der Waals surface area contributed by atoms with E-state index in [4.69, 9.17) is 5.73 Å². The van der Waals surface area contributed by atoms with Crippen LogP contribution in [-0.4, -0.2) is 18.5 Å². The van der Waals surface area contributed by atoms with Crippen LogP contribution in [0, 0.1) is 5.82 Å². The SMILES string of the molecule is NC(=NCC1(c2ccc(F)cc2)CCC1)NC1CC1. The first-order valence-corrected chi connectivity index (χ1v) is 7.00. The van der Waals surface area contributed by atoms with E-state index in [0.29, 0.717) is 18.5 Å². The summed E-state index contributed by atoms with van der Waals surface area (Å²) in [6.07, 6.45) is 5.82. The van der Waals surface area contributed by atoms with Gasteiger partial charge in [0.2, 0.25) is 0 Å². The summed E-state index contributed by atoms with van der Waals surface area (Å²) >= 11 is 0. The van der Waals surface area contributed by atoms with Gasteiger partial charge in [-0.2, -0.15) is 0 Å². The number of guanidine groups is 1. The predicted molar refractivity (Wildman–Crippen MR) is 74.6 cm³/mol. The zero-order valence-corrected chi connectivity index (χ0v) is 11.0. The number of aliphatic imine (C=N–C) groups is 1. The molecule has 0 amide bonds.